The predicted octanol–water partition coefficient (Wildman–Crippen LogP) is -1.17. The molecule has 0 heterocycles. The molecular weight excluding hydrogens is 341 g/mol. The van der Waals surface area contributed by atoms with E-state index in [4.69, 9.17) is 0 Å². The average Bonchev–Trinajstić information content (AvgIpc) is 2.37. The van der Waals surface area contributed by atoms with Gasteiger partial charge in [-0.1, -0.05) is 53.4 Å². The van der Waals surface area contributed by atoms with E-state index in [1.807, 2.05) is 0 Å². The zero-order valence-corrected chi connectivity index (χ0v) is 19.5. The first-order chi connectivity index (χ1) is 8.24. The molecule has 2 nitrogen and oxygen atoms in total. The fourth-order valence-corrected chi connectivity index (χ4v) is 2.64. The van der Waals surface area contributed by atoms with Gasteiger partial charge in [-0.3, -0.25) is 0 Å². The Morgan fingerprint density at radius 3 is 0.900 bits per heavy atom. The number of hydrogen-bond acceptors (Lipinski definition) is 1. The van der Waals surface area contributed by atoms with Crippen molar-refractivity contribution in [1.82, 2.24) is 0 Å². The van der Waals surface area contributed by atoms with E-state index >= 15 is 0 Å². The molecule has 0 atom stereocenters. The van der Waals surface area contributed by atoms with Gasteiger partial charge in [0.1, 0.15) is 0 Å². The van der Waals surface area contributed by atoms with Gasteiger partial charge in [0.2, 0.25) is 0 Å². The van der Waals surface area contributed by atoms with Crippen molar-refractivity contribution in [3.05, 3.63) is 0 Å². The molecule has 0 saturated heterocycles. The number of hydrogen-bond donors (Lipinski definition) is 0. The zero-order valence-electron chi connectivity index (χ0n) is 14.8. The third kappa shape index (κ3) is 15.0. The van der Waals surface area contributed by atoms with E-state index < -0.39 is 0 Å². The normalized spacial score (nSPS) is 10.2. The molecule has 0 bridgehead atoms. The SMILES string of the molecule is CCCC[N+](CCCC)(CCCC)CCCC.[Br-].[K+].[OH-]. The molecule has 0 spiro atoms. The maximum absolute atomic E-state index is 2.33. The molecule has 0 radical (unpaired) electrons. The molecule has 0 aromatic carbocycles. The van der Waals surface area contributed by atoms with Gasteiger partial charge in [-0.2, -0.15) is 0 Å². The molecule has 4 heteroatoms. The maximum Gasteiger partial charge on any atom is 1.00 e. The van der Waals surface area contributed by atoms with Crippen molar-refractivity contribution in [1.29, 1.82) is 0 Å². The van der Waals surface area contributed by atoms with Gasteiger partial charge in [-0.25, -0.2) is 0 Å². The van der Waals surface area contributed by atoms with Crippen LogP contribution in [0.25, 0.3) is 0 Å². The summed E-state index contributed by atoms with van der Waals surface area (Å²) in [5.74, 6) is 0. The molecule has 0 aromatic heterocycles. The van der Waals surface area contributed by atoms with Crippen molar-refractivity contribution in [2.75, 3.05) is 26.2 Å². The monoisotopic (exact) mass is 377 g/mol. The van der Waals surface area contributed by atoms with E-state index in [2.05, 4.69) is 27.7 Å². The van der Waals surface area contributed by atoms with Gasteiger partial charge in [0.25, 0.3) is 0 Å². The molecule has 20 heavy (non-hydrogen) atoms. The van der Waals surface area contributed by atoms with Crippen molar-refractivity contribution in [2.24, 2.45) is 0 Å². The first-order valence-corrected chi connectivity index (χ1v) is 8.09. The average molecular weight is 378 g/mol. The standard InChI is InChI=1S/C16H36N.BrH.K.H2O/c1-5-9-13-17(14-10-6-2,15-11-7-3)16-12-8-4;;;/h5-16H2,1-4H3;1H;;1H2/q+1;;+1;/p-2. The Morgan fingerprint density at radius 1 is 0.550 bits per heavy atom. The Labute approximate surface area is 181 Å². The van der Waals surface area contributed by atoms with Crippen molar-refractivity contribution in [3.8, 4) is 0 Å². The second kappa shape index (κ2) is 21.0. The second-order valence-corrected chi connectivity index (χ2v) is 5.65. The summed E-state index contributed by atoms with van der Waals surface area (Å²) in [6, 6.07) is 0. The van der Waals surface area contributed by atoms with Gasteiger partial charge in [0.15, 0.2) is 0 Å². The summed E-state index contributed by atoms with van der Waals surface area (Å²) < 4.78 is 1.42. The summed E-state index contributed by atoms with van der Waals surface area (Å²) in [5, 5.41) is 0. The Bertz CT molecular complexity index is 133. The zero-order chi connectivity index (χ0) is 13.0. The minimum atomic E-state index is 0. The molecule has 0 aliphatic heterocycles. The number of unbranched alkanes of at least 4 members (excludes halogenated alkanes) is 4. The third-order valence-corrected chi connectivity index (χ3v) is 3.94. The van der Waals surface area contributed by atoms with Crippen molar-refractivity contribution < 1.29 is 78.3 Å². The molecule has 0 amide bonds. The molecule has 0 unspecified atom stereocenters. The summed E-state index contributed by atoms with van der Waals surface area (Å²) in [6.45, 7) is 15.0. The Hall–Kier alpha value is 2.04. The molecule has 1 N–H and O–H groups in total. The van der Waals surface area contributed by atoms with Crippen LogP contribution in [0.5, 0.6) is 0 Å². The maximum atomic E-state index is 2.33. The van der Waals surface area contributed by atoms with Crippen LogP contribution >= 0.6 is 0 Å². The number of quaternary nitrogens is 1. The largest absolute Gasteiger partial charge is 1.00 e. The van der Waals surface area contributed by atoms with Crippen LogP contribution in [0.4, 0.5) is 0 Å². The van der Waals surface area contributed by atoms with E-state index in [0.29, 0.717) is 0 Å². The molecule has 0 aliphatic rings. The Balaban J connectivity index is -0.000000427. The van der Waals surface area contributed by atoms with Crippen molar-refractivity contribution >= 4 is 0 Å². The first-order valence-electron chi connectivity index (χ1n) is 8.09. The second-order valence-electron chi connectivity index (χ2n) is 5.65. The van der Waals surface area contributed by atoms with Crippen LogP contribution in [0.15, 0.2) is 0 Å². The molecule has 0 aromatic rings. The van der Waals surface area contributed by atoms with E-state index in [9.17, 15) is 0 Å². The molecule has 0 rings (SSSR count). The van der Waals surface area contributed by atoms with Gasteiger partial charge < -0.3 is 26.9 Å². The summed E-state index contributed by atoms with van der Waals surface area (Å²) in [7, 11) is 0. The fraction of sp³-hybridized carbons (Fsp3) is 1.00. The quantitative estimate of drug-likeness (QED) is 0.311. The Morgan fingerprint density at radius 2 is 0.750 bits per heavy atom. The van der Waals surface area contributed by atoms with Crippen LogP contribution in [0.3, 0.4) is 0 Å². The van der Waals surface area contributed by atoms with Crippen LogP contribution in [-0.4, -0.2) is 36.1 Å². The van der Waals surface area contributed by atoms with Crippen LogP contribution < -0.4 is 68.4 Å². The predicted molar refractivity (Wildman–Crippen MR) is 81.3 cm³/mol. The fourth-order valence-electron chi connectivity index (χ4n) is 2.64. The first kappa shape index (κ1) is 30.0. The van der Waals surface area contributed by atoms with Crippen LogP contribution in [0, 0.1) is 0 Å². The van der Waals surface area contributed by atoms with E-state index in [1.165, 1.54) is 82.0 Å². The van der Waals surface area contributed by atoms with Crippen LogP contribution in [-0.2, 0) is 0 Å². The Kier molecular flexibility index (Phi) is 31.5. The van der Waals surface area contributed by atoms with Crippen molar-refractivity contribution in [3.63, 3.8) is 0 Å². The van der Waals surface area contributed by atoms with Gasteiger partial charge in [-0.15, -0.1) is 0 Å². The van der Waals surface area contributed by atoms with Crippen molar-refractivity contribution in [2.45, 2.75) is 79.1 Å². The summed E-state index contributed by atoms with van der Waals surface area (Å²) in [5.41, 5.74) is 0. The molecule has 0 saturated carbocycles. The topological polar surface area (TPSA) is 30.0 Å². The summed E-state index contributed by atoms with van der Waals surface area (Å²) in [6.07, 6.45) is 11.1. The molecule has 0 fully saturated rings. The number of halogens is 1. The number of nitrogens with zero attached hydrogens (tertiary/aromatic N) is 1. The van der Waals surface area contributed by atoms with Crippen LogP contribution in [0.2, 0.25) is 0 Å². The molecule has 0 aliphatic carbocycles. The van der Waals surface area contributed by atoms with E-state index in [0.717, 1.165) is 0 Å². The number of rotatable bonds is 12. The minimum Gasteiger partial charge on any atom is -1.00 e. The van der Waals surface area contributed by atoms with Gasteiger partial charge >= 0.3 is 51.4 Å². The van der Waals surface area contributed by atoms with E-state index in [1.54, 1.807) is 0 Å². The van der Waals surface area contributed by atoms with Gasteiger partial charge in [-0.05, 0) is 25.7 Å². The minimum absolute atomic E-state index is 0. The van der Waals surface area contributed by atoms with Gasteiger partial charge in [0.05, 0.1) is 26.2 Å². The molecule has 120 valence electrons. The third-order valence-electron chi connectivity index (χ3n) is 3.94. The smallest absolute Gasteiger partial charge is 1.00 e. The van der Waals surface area contributed by atoms with E-state index in [-0.39, 0.29) is 73.8 Å². The summed E-state index contributed by atoms with van der Waals surface area (Å²) in [4.78, 5) is 0. The molecular formula is C16H37BrKNO. The van der Waals surface area contributed by atoms with Gasteiger partial charge in [0, 0.05) is 0 Å². The van der Waals surface area contributed by atoms with Crippen LogP contribution in [0.1, 0.15) is 79.1 Å². The summed E-state index contributed by atoms with van der Waals surface area (Å²) >= 11 is 0.